The number of hydrogen-bond donors (Lipinski definition) is 0. The fraction of sp³-hybridized carbons (Fsp3) is 0.417. The number of benzene rings is 1. The van der Waals surface area contributed by atoms with Gasteiger partial charge in [-0.15, -0.1) is 0 Å². The predicted octanol–water partition coefficient (Wildman–Crippen LogP) is 1.22. The number of hydrogen-bond acceptors (Lipinski definition) is 5. The molecule has 0 bridgehead atoms. The summed E-state index contributed by atoms with van der Waals surface area (Å²) in [6.07, 6.45) is -0.433. The lowest BCUT2D eigenvalue weighted by atomic mass is 10.2. The summed E-state index contributed by atoms with van der Waals surface area (Å²) in [6.45, 7) is 1.21. The number of methoxy groups -OCH3 is 1. The number of carbonyl (C=O) groups is 1. The molecule has 1 aromatic rings. The van der Waals surface area contributed by atoms with Gasteiger partial charge in [0.05, 0.1) is 25.9 Å². The van der Waals surface area contributed by atoms with Crippen LogP contribution in [0.2, 0.25) is 0 Å². The van der Waals surface area contributed by atoms with Crippen LogP contribution in [0, 0.1) is 0 Å². The van der Waals surface area contributed by atoms with Crippen molar-refractivity contribution in [3.63, 3.8) is 0 Å². The lowest BCUT2D eigenvalue weighted by Gasteiger charge is -2.09. The molecule has 17 heavy (non-hydrogen) atoms. The molecule has 1 aromatic carbocycles. The van der Waals surface area contributed by atoms with Crippen LogP contribution in [-0.2, 0) is 14.2 Å². The molecule has 0 aliphatic carbocycles. The minimum Gasteiger partial charge on any atom is -0.497 e. The largest absolute Gasteiger partial charge is 0.497 e. The monoisotopic (exact) mass is 238 g/mol. The summed E-state index contributed by atoms with van der Waals surface area (Å²) < 4.78 is 20.4. The lowest BCUT2D eigenvalue weighted by Crippen LogP contribution is -2.19. The normalized spacial score (nSPS) is 15.8. The van der Waals surface area contributed by atoms with Crippen LogP contribution in [0.25, 0.3) is 0 Å². The maximum atomic E-state index is 11.6. The first-order chi connectivity index (χ1) is 8.29. The molecule has 1 heterocycles. The van der Waals surface area contributed by atoms with Gasteiger partial charge < -0.3 is 18.9 Å². The van der Waals surface area contributed by atoms with E-state index in [1.165, 1.54) is 0 Å². The summed E-state index contributed by atoms with van der Waals surface area (Å²) in [7, 11) is 1.57. The Balaban J connectivity index is 1.85. The second-order valence-electron chi connectivity index (χ2n) is 3.50. The maximum Gasteiger partial charge on any atom is 0.338 e. The fourth-order valence-electron chi connectivity index (χ4n) is 1.46. The van der Waals surface area contributed by atoms with E-state index in [0.717, 1.165) is 0 Å². The van der Waals surface area contributed by atoms with E-state index in [9.17, 15) is 4.79 Å². The topological polar surface area (TPSA) is 54.0 Å². The highest BCUT2D eigenvalue weighted by molar-refractivity contribution is 5.89. The Bertz CT molecular complexity index is 367. The van der Waals surface area contributed by atoms with Crippen molar-refractivity contribution in [2.75, 3.05) is 26.9 Å². The zero-order chi connectivity index (χ0) is 12.1. The van der Waals surface area contributed by atoms with Crippen molar-refractivity contribution in [1.82, 2.24) is 0 Å². The molecular weight excluding hydrogens is 224 g/mol. The molecule has 0 N–H and O–H groups in total. The molecule has 5 nitrogen and oxygen atoms in total. The van der Waals surface area contributed by atoms with Gasteiger partial charge in [-0.2, -0.15) is 0 Å². The number of esters is 1. The molecule has 0 atom stereocenters. The molecule has 1 saturated heterocycles. The summed E-state index contributed by atoms with van der Waals surface area (Å²) in [5, 5.41) is 0. The average molecular weight is 238 g/mol. The molecule has 1 aliphatic heterocycles. The molecule has 1 fully saturated rings. The van der Waals surface area contributed by atoms with Gasteiger partial charge in [-0.05, 0) is 24.3 Å². The van der Waals surface area contributed by atoms with Crippen molar-refractivity contribution < 1.29 is 23.7 Å². The maximum absolute atomic E-state index is 11.6. The summed E-state index contributed by atoms with van der Waals surface area (Å²) in [6, 6.07) is 6.72. The molecule has 0 saturated carbocycles. The SMILES string of the molecule is COc1ccc(C(=O)OCC2OCCO2)cc1. The number of ether oxygens (including phenoxy) is 4. The first-order valence-electron chi connectivity index (χ1n) is 5.34. The summed E-state index contributed by atoms with van der Waals surface area (Å²) >= 11 is 0. The molecule has 0 amide bonds. The highest BCUT2D eigenvalue weighted by Gasteiger charge is 2.18. The number of carbonyl (C=O) groups excluding carboxylic acids is 1. The van der Waals surface area contributed by atoms with Crippen LogP contribution in [0.3, 0.4) is 0 Å². The van der Waals surface area contributed by atoms with Gasteiger partial charge in [0.25, 0.3) is 0 Å². The minimum absolute atomic E-state index is 0.116. The van der Waals surface area contributed by atoms with E-state index < -0.39 is 12.3 Å². The van der Waals surface area contributed by atoms with Gasteiger partial charge in [0.15, 0.2) is 6.29 Å². The molecule has 0 radical (unpaired) electrons. The quantitative estimate of drug-likeness (QED) is 0.738. The van der Waals surface area contributed by atoms with Crippen molar-refractivity contribution in [1.29, 1.82) is 0 Å². The van der Waals surface area contributed by atoms with Crippen LogP contribution in [0.1, 0.15) is 10.4 Å². The van der Waals surface area contributed by atoms with Crippen molar-refractivity contribution >= 4 is 5.97 Å². The van der Waals surface area contributed by atoms with E-state index in [0.29, 0.717) is 24.5 Å². The highest BCUT2D eigenvalue weighted by atomic mass is 16.7. The molecule has 0 aromatic heterocycles. The van der Waals surface area contributed by atoms with Crippen LogP contribution in [0.5, 0.6) is 5.75 Å². The van der Waals surface area contributed by atoms with Gasteiger partial charge in [-0.1, -0.05) is 0 Å². The molecule has 0 unspecified atom stereocenters. The Morgan fingerprint density at radius 1 is 1.29 bits per heavy atom. The second-order valence-corrected chi connectivity index (χ2v) is 3.50. The van der Waals surface area contributed by atoms with Crippen molar-refractivity contribution in [2.24, 2.45) is 0 Å². The van der Waals surface area contributed by atoms with Crippen LogP contribution in [0.4, 0.5) is 0 Å². The van der Waals surface area contributed by atoms with Gasteiger partial charge >= 0.3 is 5.97 Å². The third kappa shape index (κ3) is 3.18. The van der Waals surface area contributed by atoms with Gasteiger partial charge in [-0.3, -0.25) is 0 Å². The van der Waals surface area contributed by atoms with Crippen LogP contribution in [-0.4, -0.2) is 39.2 Å². The standard InChI is InChI=1S/C12H14O5/c1-14-10-4-2-9(3-5-10)12(13)17-8-11-15-6-7-16-11/h2-5,11H,6-8H2,1H3. The third-order valence-corrected chi connectivity index (χ3v) is 2.37. The zero-order valence-electron chi connectivity index (χ0n) is 9.55. The summed E-state index contributed by atoms with van der Waals surface area (Å²) in [5.41, 5.74) is 0.476. The molecule has 2 rings (SSSR count). The Hall–Kier alpha value is -1.59. The van der Waals surface area contributed by atoms with E-state index in [1.54, 1.807) is 31.4 Å². The summed E-state index contributed by atoms with van der Waals surface area (Å²) in [4.78, 5) is 11.6. The Kier molecular flexibility index (Phi) is 3.95. The molecule has 92 valence electrons. The van der Waals surface area contributed by atoms with Gasteiger partial charge in [-0.25, -0.2) is 4.79 Å². The zero-order valence-corrected chi connectivity index (χ0v) is 9.55. The van der Waals surface area contributed by atoms with E-state index in [1.807, 2.05) is 0 Å². The fourth-order valence-corrected chi connectivity index (χ4v) is 1.46. The minimum atomic E-state index is -0.433. The molecule has 5 heteroatoms. The van der Waals surface area contributed by atoms with Gasteiger partial charge in [0.2, 0.25) is 0 Å². The van der Waals surface area contributed by atoms with Gasteiger partial charge in [0, 0.05) is 0 Å². The Morgan fingerprint density at radius 3 is 2.53 bits per heavy atom. The van der Waals surface area contributed by atoms with Gasteiger partial charge in [0.1, 0.15) is 12.4 Å². The lowest BCUT2D eigenvalue weighted by molar-refractivity contribution is -0.0809. The van der Waals surface area contributed by atoms with E-state index in [4.69, 9.17) is 18.9 Å². The Labute approximate surface area is 99.2 Å². The summed E-state index contributed by atoms with van der Waals surface area (Å²) in [5.74, 6) is 0.302. The first kappa shape index (κ1) is 11.9. The van der Waals surface area contributed by atoms with Crippen LogP contribution in [0.15, 0.2) is 24.3 Å². The average Bonchev–Trinajstić information content (AvgIpc) is 2.89. The predicted molar refractivity (Wildman–Crippen MR) is 59.0 cm³/mol. The smallest absolute Gasteiger partial charge is 0.338 e. The first-order valence-corrected chi connectivity index (χ1v) is 5.34. The third-order valence-electron chi connectivity index (χ3n) is 2.37. The van der Waals surface area contributed by atoms with E-state index >= 15 is 0 Å². The molecular formula is C12H14O5. The Morgan fingerprint density at radius 2 is 1.94 bits per heavy atom. The molecule has 1 aliphatic rings. The van der Waals surface area contributed by atoms with Crippen LogP contribution < -0.4 is 4.74 Å². The second kappa shape index (κ2) is 5.65. The number of rotatable bonds is 4. The van der Waals surface area contributed by atoms with E-state index in [-0.39, 0.29) is 6.61 Å². The highest BCUT2D eigenvalue weighted by Crippen LogP contribution is 2.12. The van der Waals surface area contributed by atoms with Crippen LogP contribution >= 0.6 is 0 Å². The molecule has 0 spiro atoms. The van der Waals surface area contributed by atoms with Crippen molar-refractivity contribution in [2.45, 2.75) is 6.29 Å². The van der Waals surface area contributed by atoms with Crippen molar-refractivity contribution in [3.05, 3.63) is 29.8 Å². The van der Waals surface area contributed by atoms with Crippen molar-refractivity contribution in [3.8, 4) is 5.75 Å². The van der Waals surface area contributed by atoms with E-state index in [2.05, 4.69) is 0 Å².